The number of para-hydroxylation sites is 1. The van der Waals surface area contributed by atoms with E-state index in [9.17, 15) is 0 Å². The first-order valence-electron chi connectivity index (χ1n) is 11.2. The second-order valence-electron chi connectivity index (χ2n) is 8.64. The van der Waals surface area contributed by atoms with Crippen LogP contribution in [0, 0.1) is 5.41 Å². The molecule has 6 heteroatoms. The van der Waals surface area contributed by atoms with E-state index < -0.39 is 0 Å². The summed E-state index contributed by atoms with van der Waals surface area (Å²) in [7, 11) is 5.81. The minimum atomic E-state index is -0.229. The fourth-order valence-corrected chi connectivity index (χ4v) is 4.70. The molecule has 0 radical (unpaired) electrons. The van der Waals surface area contributed by atoms with Crippen LogP contribution in [0.25, 0.3) is 10.8 Å². The Morgan fingerprint density at radius 2 is 1.82 bits per heavy atom. The number of aromatic nitrogens is 2. The lowest BCUT2D eigenvalue weighted by molar-refractivity contribution is 0.378. The highest BCUT2D eigenvalue weighted by molar-refractivity contribution is 5.90. The standard InChI is InChI=1S/C27H28N4O2/c1-30(2)15-8-16-31-17-29-27-25(26(31)28)24(20-11-6-7-12-21(20)32-3)23-19-10-5-4-9-18(19)13-14-22(23)33-27/h4-7,9-14,17,24,28H,8,15-16H2,1-3H3. The van der Waals surface area contributed by atoms with Crippen molar-refractivity contribution in [3.05, 3.63) is 89.2 Å². The summed E-state index contributed by atoms with van der Waals surface area (Å²) >= 11 is 0. The molecule has 1 aliphatic heterocycles. The van der Waals surface area contributed by atoms with E-state index in [1.807, 2.05) is 41.0 Å². The quantitative estimate of drug-likeness (QED) is 0.413. The second kappa shape index (κ2) is 8.71. The molecule has 1 atom stereocenters. The summed E-state index contributed by atoms with van der Waals surface area (Å²) in [6, 6.07) is 20.4. The molecule has 2 heterocycles. The molecule has 1 aliphatic rings. The molecule has 33 heavy (non-hydrogen) atoms. The van der Waals surface area contributed by atoms with Crippen LogP contribution in [0.2, 0.25) is 0 Å². The number of aryl methyl sites for hydroxylation is 1. The molecule has 1 N–H and O–H groups in total. The van der Waals surface area contributed by atoms with Gasteiger partial charge in [-0.1, -0.05) is 48.5 Å². The summed E-state index contributed by atoms with van der Waals surface area (Å²) in [5, 5.41) is 11.4. The third kappa shape index (κ3) is 3.76. The largest absolute Gasteiger partial charge is 0.496 e. The highest BCUT2D eigenvalue weighted by atomic mass is 16.5. The maximum absolute atomic E-state index is 9.16. The first-order chi connectivity index (χ1) is 16.1. The van der Waals surface area contributed by atoms with Gasteiger partial charge in [-0.2, -0.15) is 0 Å². The van der Waals surface area contributed by atoms with Crippen LogP contribution in [-0.4, -0.2) is 42.2 Å². The van der Waals surface area contributed by atoms with Crippen molar-refractivity contribution >= 4 is 10.8 Å². The maximum Gasteiger partial charge on any atom is 0.228 e. The average molecular weight is 441 g/mol. The van der Waals surface area contributed by atoms with Crippen molar-refractivity contribution in [3.63, 3.8) is 0 Å². The zero-order valence-corrected chi connectivity index (χ0v) is 19.2. The molecule has 5 rings (SSSR count). The molecule has 1 unspecified atom stereocenters. The summed E-state index contributed by atoms with van der Waals surface area (Å²) in [6.45, 7) is 1.67. The first kappa shape index (κ1) is 21.2. The molecule has 0 amide bonds. The number of ether oxygens (including phenoxy) is 2. The topological polar surface area (TPSA) is 63.4 Å². The number of benzene rings is 3. The highest BCUT2D eigenvalue weighted by Crippen LogP contribution is 2.49. The Bertz CT molecular complexity index is 1380. The molecular formula is C27H28N4O2. The fourth-order valence-electron chi connectivity index (χ4n) is 4.70. The van der Waals surface area contributed by atoms with Gasteiger partial charge in [0, 0.05) is 17.7 Å². The zero-order valence-electron chi connectivity index (χ0n) is 19.2. The van der Waals surface area contributed by atoms with Gasteiger partial charge in [-0.15, -0.1) is 0 Å². The smallest absolute Gasteiger partial charge is 0.228 e. The van der Waals surface area contributed by atoms with Crippen LogP contribution in [0.3, 0.4) is 0 Å². The van der Waals surface area contributed by atoms with Crippen molar-refractivity contribution in [1.29, 1.82) is 5.41 Å². The van der Waals surface area contributed by atoms with Crippen LogP contribution in [0.15, 0.2) is 67.0 Å². The number of hydrogen-bond acceptors (Lipinski definition) is 5. The Hall–Kier alpha value is -3.64. The molecule has 168 valence electrons. The van der Waals surface area contributed by atoms with Gasteiger partial charge >= 0.3 is 0 Å². The summed E-state index contributed by atoms with van der Waals surface area (Å²) in [6.07, 6.45) is 2.66. The predicted molar refractivity (Wildman–Crippen MR) is 129 cm³/mol. The van der Waals surface area contributed by atoms with Gasteiger partial charge < -0.3 is 18.9 Å². The van der Waals surface area contributed by atoms with Crippen LogP contribution in [-0.2, 0) is 6.54 Å². The number of hydrogen-bond donors (Lipinski definition) is 1. The lowest BCUT2D eigenvalue weighted by atomic mass is 9.81. The predicted octanol–water partition coefficient (Wildman–Crippen LogP) is 4.76. The SMILES string of the molecule is COc1ccccc1C1c2c(ncn(CCCN(C)C)c2=N)Oc2ccc3ccccc3c21. The second-order valence-corrected chi connectivity index (χ2v) is 8.64. The number of fused-ring (bicyclic) bond motifs is 4. The van der Waals surface area contributed by atoms with E-state index >= 15 is 0 Å². The summed E-state index contributed by atoms with van der Waals surface area (Å²) in [4.78, 5) is 6.81. The number of rotatable bonds is 6. The van der Waals surface area contributed by atoms with Crippen molar-refractivity contribution < 1.29 is 9.47 Å². The van der Waals surface area contributed by atoms with E-state index in [1.165, 1.54) is 0 Å². The molecular weight excluding hydrogens is 412 g/mol. The fraction of sp³-hybridized carbons (Fsp3) is 0.259. The lowest BCUT2D eigenvalue weighted by Gasteiger charge is -2.30. The van der Waals surface area contributed by atoms with Gasteiger partial charge in [0.2, 0.25) is 5.88 Å². The minimum Gasteiger partial charge on any atom is -0.496 e. The Morgan fingerprint density at radius 3 is 2.64 bits per heavy atom. The maximum atomic E-state index is 9.16. The lowest BCUT2D eigenvalue weighted by Crippen LogP contribution is -2.30. The van der Waals surface area contributed by atoms with Crippen LogP contribution in [0.5, 0.6) is 17.4 Å². The van der Waals surface area contributed by atoms with Gasteiger partial charge in [0.05, 0.1) is 18.6 Å². The van der Waals surface area contributed by atoms with Crippen LogP contribution in [0.1, 0.15) is 29.0 Å². The Labute approximate surface area is 193 Å². The molecule has 1 aromatic heterocycles. The van der Waals surface area contributed by atoms with Gasteiger partial charge in [0.15, 0.2) is 0 Å². The van der Waals surface area contributed by atoms with Crippen molar-refractivity contribution in [2.45, 2.75) is 18.9 Å². The van der Waals surface area contributed by atoms with Crippen LogP contribution < -0.4 is 15.0 Å². The van der Waals surface area contributed by atoms with Crippen molar-refractivity contribution in [1.82, 2.24) is 14.5 Å². The molecule has 4 aromatic rings. The molecule has 0 fully saturated rings. The van der Waals surface area contributed by atoms with Gasteiger partial charge in [-0.25, -0.2) is 4.98 Å². The Balaban J connectivity index is 1.75. The van der Waals surface area contributed by atoms with Crippen LogP contribution >= 0.6 is 0 Å². The number of nitrogens with one attached hydrogen (secondary N) is 1. The third-order valence-electron chi connectivity index (χ3n) is 6.26. The zero-order chi connectivity index (χ0) is 22.9. The van der Waals surface area contributed by atoms with Crippen molar-refractivity contribution in [2.24, 2.45) is 0 Å². The van der Waals surface area contributed by atoms with Crippen LogP contribution in [0.4, 0.5) is 0 Å². The van der Waals surface area contributed by atoms with Crippen molar-refractivity contribution in [3.8, 4) is 17.4 Å². The molecule has 0 saturated carbocycles. The molecule has 0 spiro atoms. The number of nitrogens with zero attached hydrogens (tertiary/aromatic N) is 3. The van der Waals surface area contributed by atoms with Crippen molar-refractivity contribution in [2.75, 3.05) is 27.7 Å². The van der Waals surface area contributed by atoms with Gasteiger partial charge in [-0.3, -0.25) is 5.41 Å². The summed E-state index contributed by atoms with van der Waals surface area (Å²) in [5.41, 5.74) is 3.25. The molecule has 0 bridgehead atoms. The summed E-state index contributed by atoms with van der Waals surface area (Å²) in [5.74, 6) is 1.82. The third-order valence-corrected chi connectivity index (χ3v) is 6.26. The van der Waals surface area contributed by atoms with E-state index in [0.29, 0.717) is 11.4 Å². The summed E-state index contributed by atoms with van der Waals surface area (Å²) < 4.78 is 14.0. The average Bonchev–Trinajstić information content (AvgIpc) is 2.84. The molecule has 3 aromatic carbocycles. The van der Waals surface area contributed by atoms with E-state index in [4.69, 9.17) is 14.9 Å². The Morgan fingerprint density at radius 1 is 1.03 bits per heavy atom. The normalized spacial score (nSPS) is 14.6. The van der Waals surface area contributed by atoms with Gasteiger partial charge in [0.25, 0.3) is 0 Å². The highest BCUT2D eigenvalue weighted by Gasteiger charge is 2.35. The van der Waals surface area contributed by atoms with E-state index in [2.05, 4.69) is 48.2 Å². The van der Waals surface area contributed by atoms with E-state index in [1.54, 1.807) is 13.4 Å². The first-order valence-corrected chi connectivity index (χ1v) is 11.2. The Kier molecular flexibility index (Phi) is 5.60. The van der Waals surface area contributed by atoms with Gasteiger partial charge in [0.1, 0.15) is 23.3 Å². The monoisotopic (exact) mass is 440 g/mol. The van der Waals surface area contributed by atoms with E-state index in [-0.39, 0.29) is 5.92 Å². The number of methoxy groups -OCH3 is 1. The molecule has 0 aliphatic carbocycles. The molecule has 6 nitrogen and oxygen atoms in total. The minimum absolute atomic E-state index is 0.229. The van der Waals surface area contributed by atoms with E-state index in [0.717, 1.165) is 58.5 Å². The van der Waals surface area contributed by atoms with Gasteiger partial charge in [-0.05, 0) is 50.0 Å². The molecule has 0 saturated heterocycles.